The normalized spacial score (nSPS) is 17.9. The van der Waals surface area contributed by atoms with Crippen LogP contribution >= 0.6 is 0 Å². The summed E-state index contributed by atoms with van der Waals surface area (Å²) in [6.07, 6.45) is 0.100. The quantitative estimate of drug-likeness (QED) is 0.354. The Balaban J connectivity index is 1.62. The molecule has 0 heterocycles. The highest BCUT2D eigenvalue weighted by atomic mass is 16.5. The molecular weight excluding hydrogens is 404 g/mol. The van der Waals surface area contributed by atoms with Crippen LogP contribution in [0.5, 0.6) is 5.75 Å². The molecule has 4 aromatic rings. The molecular formula is C31H28O2. The molecule has 0 fully saturated rings. The Morgan fingerprint density at radius 1 is 0.727 bits per heavy atom. The van der Waals surface area contributed by atoms with E-state index in [9.17, 15) is 5.11 Å². The van der Waals surface area contributed by atoms with Gasteiger partial charge < -0.3 is 9.84 Å². The predicted molar refractivity (Wildman–Crippen MR) is 135 cm³/mol. The SMILES string of the molecule is Cc1ccc(C2=C(c3ccccc3OCc3ccccc3)[C@H](O)C[C@H]2c2ccccc2)cc1. The van der Waals surface area contributed by atoms with Crippen molar-refractivity contribution in [2.45, 2.75) is 32.0 Å². The zero-order chi connectivity index (χ0) is 22.6. The molecule has 1 N–H and O–H groups in total. The maximum Gasteiger partial charge on any atom is 0.127 e. The average molecular weight is 433 g/mol. The molecule has 33 heavy (non-hydrogen) atoms. The van der Waals surface area contributed by atoms with Crippen molar-refractivity contribution in [3.05, 3.63) is 137 Å². The van der Waals surface area contributed by atoms with Gasteiger partial charge in [-0.25, -0.2) is 0 Å². The summed E-state index contributed by atoms with van der Waals surface area (Å²) in [7, 11) is 0. The third-order valence-corrected chi connectivity index (χ3v) is 6.41. The van der Waals surface area contributed by atoms with Gasteiger partial charge in [-0.15, -0.1) is 0 Å². The standard InChI is InChI=1S/C31H28O2/c1-22-16-18-25(19-17-22)30-27(24-12-6-3-7-13-24)20-28(32)31(30)26-14-8-9-15-29(26)33-21-23-10-4-2-5-11-23/h2-19,27-28,32H,20-21H2,1H3/t27-,28+/m0/s1. The van der Waals surface area contributed by atoms with Crippen molar-refractivity contribution < 1.29 is 9.84 Å². The van der Waals surface area contributed by atoms with E-state index in [-0.39, 0.29) is 5.92 Å². The third kappa shape index (κ3) is 4.48. The lowest BCUT2D eigenvalue weighted by atomic mass is 9.86. The smallest absolute Gasteiger partial charge is 0.127 e. The summed E-state index contributed by atoms with van der Waals surface area (Å²) in [5.74, 6) is 0.926. The van der Waals surface area contributed by atoms with Gasteiger partial charge in [0.05, 0.1) is 6.10 Å². The number of aryl methyl sites for hydroxylation is 1. The van der Waals surface area contributed by atoms with Crippen molar-refractivity contribution in [1.82, 2.24) is 0 Å². The van der Waals surface area contributed by atoms with Crippen LogP contribution in [0.1, 0.15) is 40.2 Å². The van der Waals surface area contributed by atoms with E-state index in [1.807, 2.05) is 42.5 Å². The summed E-state index contributed by atoms with van der Waals surface area (Å²) in [4.78, 5) is 0. The predicted octanol–water partition coefficient (Wildman–Crippen LogP) is 7.03. The van der Waals surface area contributed by atoms with Gasteiger partial charge in [0, 0.05) is 11.5 Å². The summed E-state index contributed by atoms with van der Waals surface area (Å²) >= 11 is 0. The molecule has 2 heteroatoms. The molecule has 0 saturated heterocycles. The number of hydrogen-bond donors (Lipinski definition) is 1. The number of benzene rings is 4. The molecule has 0 amide bonds. The first-order valence-electron chi connectivity index (χ1n) is 11.5. The van der Waals surface area contributed by atoms with Gasteiger partial charge in [0.2, 0.25) is 0 Å². The number of hydrogen-bond acceptors (Lipinski definition) is 2. The molecule has 1 aliphatic carbocycles. The van der Waals surface area contributed by atoms with Crippen LogP contribution in [-0.2, 0) is 6.61 Å². The van der Waals surface area contributed by atoms with Crippen LogP contribution < -0.4 is 4.74 Å². The molecule has 0 aliphatic heterocycles. The number of aliphatic hydroxyl groups is 1. The van der Waals surface area contributed by atoms with Crippen LogP contribution in [0.15, 0.2) is 109 Å². The number of rotatable bonds is 6. The molecule has 4 aromatic carbocycles. The maximum atomic E-state index is 11.4. The lowest BCUT2D eigenvalue weighted by Gasteiger charge is -2.19. The van der Waals surface area contributed by atoms with Crippen molar-refractivity contribution in [2.24, 2.45) is 0 Å². The number of aliphatic hydroxyl groups excluding tert-OH is 1. The monoisotopic (exact) mass is 432 g/mol. The van der Waals surface area contributed by atoms with E-state index >= 15 is 0 Å². The summed E-state index contributed by atoms with van der Waals surface area (Å²) in [5.41, 5.74) is 7.84. The van der Waals surface area contributed by atoms with Crippen LogP contribution in [0.3, 0.4) is 0 Å². The summed E-state index contributed by atoms with van der Waals surface area (Å²) < 4.78 is 6.28. The van der Waals surface area contributed by atoms with E-state index in [1.165, 1.54) is 16.7 Å². The molecule has 0 aromatic heterocycles. The van der Waals surface area contributed by atoms with E-state index in [0.29, 0.717) is 13.0 Å². The van der Waals surface area contributed by atoms with Crippen molar-refractivity contribution in [1.29, 1.82) is 0 Å². The van der Waals surface area contributed by atoms with E-state index in [1.54, 1.807) is 0 Å². The first-order chi connectivity index (χ1) is 16.2. The second-order valence-electron chi connectivity index (χ2n) is 8.68. The minimum atomic E-state index is -0.562. The highest BCUT2D eigenvalue weighted by molar-refractivity contribution is 5.99. The number of para-hydroxylation sites is 1. The number of allylic oxidation sites excluding steroid dienone is 1. The summed E-state index contributed by atoms with van der Waals surface area (Å²) in [6, 6.07) is 37.4. The van der Waals surface area contributed by atoms with Gasteiger partial charge in [-0.3, -0.25) is 0 Å². The van der Waals surface area contributed by atoms with Gasteiger partial charge >= 0.3 is 0 Å². The zero-order valence-corrected chi connectivity index (χ0v) is 18.8. The summed E-state index contributed by atoms with van der Waals surface area (Å²) in [5, 5.41) is 11.4. The fourth-order valence-electron chi connectivity index (χ4n) is 4.78. The van der Waals surface area contributed by atoms with Crippen molar-refractivity contribution >= 4 is 11.1 Å². The van der Waals surface area contributed by atoms with Gasteiger partial charge in [-0.05, 0) is 47.2 Å². The molecule has 0 radical (unpaired) electrons. The molecule has 164 valence electrons. The fraction of sp³-hybridized carbons (Fsp3) is 0.161. The van der Waals surface area contributed by atoms with Gasteiger partial charge in [0.25, 0.3) is 0 Å². The molecule has 0 unspecified atom stereocenters. The molecule has 0 bridgehead atoms. The average Bonchev–Trinajstić information content (AvgIpc) is 3.21. The van der Waals surface area contributed by atoms with E-state index < -0.39 is 6.10 Å². The topological polar surface area (TPSA) is 29.5 Å². The Kier molecular flexibility index (Phi) is 6.10. The highest BCUT2D eigenvalue weighted by Crippen LogP contribution is 2.50. The van der Waals surface area contributed by atoms with Crippen molar-refractivity contribution in [2.75, 3.05) is 0 Å². The third-order valence-electron chi connectivity index (χ3n) is 6.41. The fourth-order valence-corrected chi connectivity index (χ4v) is 4.78. The Hall–Kier alpha value is -3.62. The Morgan fingerprint density at radius 3 is 2.09 bits per heavy atom. The highest BCUT2D eigenvalue weighted by Gasteiger charge is 2.36. The Morgan fingerprint density at radius 2 is 1.36 bits per heavy atom. The van der Waals surface area contributed by atoms with E-state index in [4.69, 9.17) is 4.74 Å². The molecule has 2 nitrogen and oxygen atoms in total. The molecule has 5 rings (SSSR count). The van der Waals surface area contributed by atoms with Crippen LogP contribution in [0, 0.1) is 6.92 Å². The molecule has 1 aliphatic rings. The van der Waals surface area contributed by atoms with Crippen LogP contribution in [0.25, 0.3) is 11.1 Å². The van der Waals surface area contributed by atoms with Gasteiger partial charge in [-0.1, -0.05) is 109 Å². The summed E-state index contributed by atoms with van der Waals surface area (Å²) in [6.45, 7) is 2.59. The zero-order valence-electron chi connectivity index (χ0n) is 18.8. The first kappa shape index (κ1) is 21.2. The van der Waals surface area contributed by atoms with E-state index in [0.717, 1.165) is 28.0 Å². The van der Waals surface area contributed by atoms with Crippen molar-refractivity contribution in [3.8, 4) is 5.75 Å². The Bertz CT molecular complexity index is 1240. The van der Waals surface area contributed by atoms with Crippen molar-refractivity contribution in [3.63, 3.8) is 0 Å². The first-order valence-corrected chi connectivity index (χ1v) is 11.5. The number of ether oxygens (including phenoxy) is 1. The maximum absolute atomic E-state index is 11.4. The van der Waals surface area contributed by atoms with Crippen LogP contribution in [-0.4, -0.2) is 11.2 Å². The molecule has 2 atom stereocenters. The molecule has 0 saturated carbocycles. The minimum absolute atomic E-state index is 0.126. The van der Waals surface area contributed by atoms with Gasteiger partial charge in [-0.2, -0.15) is 0 Å². The van der Waals surface area contributed by atoms with Gasteiger partial charge in [0.15, 0.2) is 0 Å². The second-order valence-corrected chi connectivity index (χ2v) is 8.68. The van der Waals surface area contributed by atoms with Crippen LogP contribution in [0.2, 0.25) is 0 Å². The van der Waals surface area contributed by atoms with Crippen LogP contribution in [0.4, 0.5) is 0 Å². The second kappa shape index (κ2) is 9.48. The van der Waals surface area contributed by atoms with E-state index in [2.05, 4.69) is 73.7 Å². The lowest BCUT2D eigenvalue weighted by Crippen LogP contribution is -2.07. The largest absolute Gasteiger partial charge is 0.488 e. The van der Waals surface area contributed by atoms with Gasteiger partial charge in [0.1, 0.15) is 12.4 Å². The Labute approximate surface area is 195 Å². The minimum Gasteiger partial charge on any atom is -0.488 e. The molecule has 0 spiro atoms. The lowest BCUT2D eigenvalue weighted by molar-refractivity contribution is 0.225.